The van der Waals surface area contributed by atoms with Crippen molar-refractivity contribution < 1.29 is 14.0 Å². The van der Waals surface area contributed by atoms with E-state index in [0.717, 1.165) is 23.8 Å². The Labute approximate surface area is 179 Å². The largest absolute Gasteiger partial charge is 0.463 e. The number of para-hydroxylation sites is 1. The Hall–Kier alpha value is -3.93. The summed E-state index contributed by atoms with van der Waals surface area (Å²) >= 11 is 0. The normalized spacial score (nSPS) is 13.2. The number of aromatic nitrogens is 1. The molecule has 154 valence electrons. The van der Waals surface area contributed by atoms with Crippen LogP contribution in [0.4, 0.5) is 5.69 Å². The van der Waals surface area contributed by atoms with E-state index in [4.69, 9.17) is 4.42 Å². The highest BCUT2D eigenvalue weighted by atomic mass is 16.3. The van der Waals surface area contributed by atoms with Gasteiger partial charge in [0.05, 0.1) is 17.3 Å². The SMILES string of the molecule is Cc1ccc(C(=O)NC2CC2)cc1NC(=O)c1cc(-c2ccco2)nc2ccccc12. The predicted molar refractivity (Wildman–Crippen MR) is 119 cm³/mol. The maximum absolute atomic E-state index is 13.3. The summed E-state index contributed by atoms with van der Waals surface area (Å²) in [6.07, 6.45) is 3.62. The van der Waals surface area contributed by atoms with Gasteiger partial charge in [-0.15, -0.1) is 0 Å². The van der Waals surface area contributed by atoms with Gasteiger partial charge in [-0.2, -0.15) is 0 Å². The number of nitrogens with one attached hydrogen (secondary N) is 2. The summed E-state index contributed by atoms with van der Waals surface area (Å²) in [4.78, 5) is 30.4. The van der Waals surface area contributed by atoms with E-state index in [0.29, 0.717) is 33.8 Å². The highest BCUT2D eigenvalue weighted by Gasteiger charge is 2.24. The highest BCUT2D eigenvalue weighted by molar-refractivity contribution is 6.13. The Morgan fingerprint density at radius 3 is 2.61 bits per heavy atom. The molecule has 6 nitrogen and oxygen atoms in total. The third-order valence-corrected chi connectivity index (χ3v) is 5.39. The van der Waals surface area contributed by atoms with Crippen LogP contribution in [-0.2, 0) is 0 Å². The van der Waals surface area contributed by atoms with Gasteiger partial charge in [-0.25, -0.2) is 4.98 Å². The van der Waals surface area contributed by atoms with Gasteiger partial charge in [0.2, 0.25) is 0 Å². The van der Waals surface area contributed by atoms with Crippen molar-refractivity contribution in [2.75, 3.05) is 5.32 Å². The van der Waals surface area contributed by atoms with Crippen molar-refractivity contribution in [2.24, 2.45) is 0 Å². The zero-order valence-corrected chi connectivity index (χ0v) is 17.0. The number of carbonyl (C=O) groups excluding carboxylic acids is 2. The molecule has 0 unspecified atom stereocenters. The number of hydrogen-bond acceptors (Lipinski definition) is 4. The summed E-state index contributed by atoms with van der Waals surface area (Å²) in [6.45, 7) is 1.90. The molecule has 6 heteroatoms. The molecule has 31 heavy (non-hydrogen) atoms. The number of fused-ring (bicyclic) bond motifs is 1. The van der Waals surface area contributed by atoms with Gasteiger partial charge in [0.15, 0.2) is 5.76 Å². The zero-order valence-electron chi connectivity index (χ0n) is 17.0. The average Bonchev–Trinajstić information content (AvgIpc) is 3.42. The number of anilines is 1. The molecule has 0 aliphatic heterocycles. The van der Waals surface area contributed by atoms with Gasteiger partial charge in [-0.05, 0) is 61.7 Å². The van der Waals surface area contributed by atoms with Gasteiger partial charge in [0.25, 0.3) is 11.8 Å². The Morgan fingerprint density at radius 1 is 1.00 bits per heavy atom. The molecule has 1 aliphatic rings. The second kappa shape index (κ2) is 7.72. The van der Waals surface area contributed by atoms with E-state index >= 15 is 0 Å². The molecule has 2 amide bonds. The number of rotatable bonds is 5. The van der Waals surface area contributed by atoms with Crippen LogP contribution < -0.4 is 10.6 Å². The van der Waals surface area contributed by atoms with Crippen LogP contribution in [0.2, 0.25) is 0 Å². The van der Waals surface area contributed by atoms with Crippen molar-refractivity contribution in [3.63, 3.8) is 0 Å². The molecule has 0 saturated heterocycles. The first-order valence-electron chi connectivity index (χ1n) is 10.2. The Morgan fingerprint density at radius 2 is 1.84 bits per heavy atom. The summed E-state index contributed by atoms with van der Waals surface area (Å²) in [5.41, 5.74) is 3.79. The van der Waals surface area contributed by atoms with Gasteiger partial charge >= 0.3 is 0 Å². The van der Waals surface area contributed by atoms with E-state index < -0.39 is 0 Å². The first-order valence-corrected chi connectivity index (χ1v) is 10.2. The van der Waals surface area contributed by atoms with Crippen molar-refractivity contribution in [3.05, 3.63) is 83.6 Å². The van der Waals surface area contributed by atoms with Crippen LogP contribution in [0.1, 0.15) is 39.1 Å². The van der Waals surface area contributed by atoms with Crippen molar-refractivity contribution in [3.8, 4) is 11.5 Å². The molecule has 0 spiro atoms. The maximum Gasteiger partial charge on any atom is 0.256 e. The molecule has 2 aromatic carbocycles. The highest BCUT2D eigenvalue weighted by Crippen LogP contribution is 2.27. The molecule has 1 fully saturated rings. The molecular weight excluding hydrogens is 390 g/mol. The fraction of sp³-hybridized carbons (Fsp3) is 0.160. The number of furan rings is 1. The predicted octanol–water partition coefficient (Wildman–Crippen LogP) is 4.95. The second-order valence-corrected chi connectivity index (χ2v) is 7.78. The molecular formula is C25H21N3O3. The molecule has 0 bridgehead atoms. The van der Waals surface area contributed by atoms with E-state index in [2.05, 4.69) is 15.6 Å². The van der Waals surface area contributed by atoms with Gasteiger partial charge in [-0.1, -0.05) is 24.3 Å². The standard InChI is InChI=1S/C25H21N3O3/c1-15-8-9-16(24(29)26-17-10-11-17)13-21(15)28-25(30)19-14-22(23-7-4-12-31-23)27-20-6-3-2-5-18(19)20/h2-9,12-14,17H,10-11H2,1H3,(H,26,29)(H,28,30). The van der Waals surface area contributed by atoms with Gasteiger partial charge in [-0.3, -0.25) is 9.59 Å². The molecule has 5 rings (SSSR count). The lowest BCUT2D eigenvalue weighted by Gasteiger charge is -2.13. The van der Waals surface area contributed by atoms with Crippen molar-refractivity contribution >= 4 is 28.4 Å². The van der Waals surface area contributed by atoms with Crippen molar-refractivity contribution in [1.29, 1.82) is 0 Å². The molecule has 1 aliphatic carbocycles. The third-order valence-electron chi connectivity index (χ3n) is 5.39. The number of benzene rings is 2. The number of aryl methyl sites for hydroxylation is 1. The zero-order chi connectivity index (χ0) is 21.4. The van der Waals surface area contributed by atoms with Crippen molar-refractivity contribution in [2.45, 2.75) is 25.8 Å². The van der Waals surface area contributed by atoms with E-state index in [1.165, 1.54) is 0 Å². The minimum atomic E-state index is -0.269. The molecule has 2 aromatic heterocycles. The smallest absolute Gasteiger partial charge is 0.256 e. The van der Waals surface area contributed by atoms with Gasteiger partial charge in [0, 0.05) is 22.7 Å². The Bertz CT molecular complexity index is 1290. The van der Waals surface area contributed by atoms with Crippen LogP contribution >= 0.6 is 0 Å². The summed E-state index contributed by atoms with van der Waals surface area (Å²) < 4.78 is 5.48. The van der Waals surface area contributed by atoms with Crippen LogP contribution in [0.3, 0.4) is 0 Å². The lowest BCUT2D eigenvalue weighted by atomic mass is 10.0. The summed E-state index contributed by atoms with van der Waals surface area (Å²) in [7, 11) is 0. The molecule has 0 radical (unpaired) electrons. The van der Waals surface area contributed by atoms with Gasteiger partial charge < -0.3 is 15.1 Å². The number of hydrogen-bond donors (Lipinski definition) is 2. The minimum absolute atomic E-state index is 0.118. The summed E-state index contributed by atoms with van der Waals surface area (Å²) in [5, 5.41) is 6.70. The first-order chi connectivity index (χ1) is 15.1. The van der Waals surface area contributed by atoms with E-state index in [9.17, 15) is 9.59 Å². The fourth-order valence-corrected chi connectivity index (χ4v) is 3.50. The second-order valence-electron chi connectivity index (χ2n) is 7.78. The number of carbonyl (C=O) groups is 2. The number of nitrogens with zero attached hydrogens (tertiary/aromatic N) is 1. The third kappa shape index (κ3) is 3.92. The summed E-state index contributed by atoms with van der Waals surface area (Å²) in [5.74, 6) is 0.205. The molecule has 4 aromatic rings. The molecule has 2 heterocycles. The fourth-order valence-electron chi connectivity index (χ4n) is 3.50. The lowest BCUT2D eigenvalue weighted by molar-refractivity contribution is 0.0949. The van der Waals surface area contributed by atoms with Crippen LogP contribution in [0.15, 0.2) is 71.3 Å². The molecule has 2 N–H and O–H groups in total. The van der Waals surface area contributed by atoms with Crippen LogP contribution in [0.5, 0.6) is 0 Å². The topological polar surface area (TPSA) is 84.2 Å². The van der Waals surface area contributed by atoms with Crippen LogP contribution in [-0.4, -0.2) is 22.8 Å². The average molecular weight is 411 g/mol. The lowest BCUT2D eigenvalue weighted by Crippen LogP contribution is -2.25. The summed E-state index contributed by atoms with van der Waals surface area (Å²) in [6, 6.07) is 18.4. The van der Waals surface area contributed by atoms with E-state index in [1.807, 2.05) is 43.3 Å². The molecule has 0 atom stereocenters. The van der Waals surface area contributed by atoms with Crippen molar-refractivity contribution in [1.82, 2.24) is 10.3 Å². The Balaban J connectivity index is 1.50. The quantitative estimate of drug-likeness (QED) is 0.487. The maximum atomic E-state index is 13.3. The molecule has 1 saturated carbocycles. The Kier molecular flexibility index (Phi) is 4.75. The first kappa shape index (κ1) is 19.1. The van der Waals surface area contributed by atoms with Crippen LogP contribution in [0.25, 0.3) is 22.4 Å². The number of amides is 2. The van der Waals surface area contributed by atoms with E-state index in [-0.39, 0.29) is 17.9 Å². The minimum Gasteiger partial charge on any atom is -0.463 e. The van der Waals surface area contributed by atoms with Crippen LogP contribution in [0, 0.1) is 6.92 Å². The van der Waals surface area contributed by atoms with Gasteiger partial charge in [0.1, 0.15) is 5.69 Å². The van der Waals surface area contributed by atoms with E-state index in [1.54, 1.807) is 30.5 Å². The monoisotopic (exact) mass is 411 g/mol. The number of pyridine rings is 1.